The van der Waals surface area contributed by atoms with Crippen LogP contribution in [0.1, 0.15) is 0 Å². The van der Waals surface area contributed by atoms with Crippen LogP contribution in [0, 0.1) is 5.82 Å². The number of hydrogen-bond acceptors (Lipinski definition) is 1. The zero-order chi connectivity index (χ0) is 10.8. The quantitative estimate of drug-likeness (QED) is 0.725. The van der Waals surface area contributed by atoms with Crippen LogP contribution < -0.4 is 11.1 Å². The first-order valence-corrected chi connectivity index (χ1v) is 4.82. The Hall–Kier alpha value is -1.68. The largest absolute Gasteiger partial charge is 0.376 e. The molecular formula is C11H9FN2S. The summed E-state index contributed by atoms with van der Waals surface area (Å²) < 4.78 is 12.9. The van der Waals surface area contributed by atoms with Crippen molar-refractivity contribution in [2.24, 2.45) is 5.73 Å². The minimum absolute atomic E-state index is 0.219. The summed E-state index contributed by atoms with van der Waals surface area (Å²) in [5, 5.41) is 4.84. The van der Waals surface area contributed by atoms with Gasteiger partial charge in [-0.15, -0.1) is 0 Å². The Labute approximate surface area is 91.9 Å². The number of anilines is 1. The summed E-state index contributed by atoms with van der Waals surface area (Å²) in [4.78, 5) is 0. The lowest BCUT2D eigenvalue weighted by Gasteiger charge is -2.05. The number of hydrogen-bond donors (Lipinski definition) is 2. The van der Waals surface area contributed by atoms with E-state index in [1.165, 1.54) is 12.1 Å². The molecule has 0 unspecified atom stereocenters. The minimum atomic E-state index is -0.238. The summed E-state index contributed by atoms with van der Waals surface area (Å²) in [5.41, 5.74) is 6.16. The first-order valence-electron chi connectivity index (χ1n) is 4.41. The molecule has 2 aromatic carbocycles. The molecule has 2 rings (SSSR count). The van der Waals surface area contributed by atoms with Crippen molar-refractivity contribution in [2.75, 3.05) is 5.32 Å². The molecule has 0 aliphatic carbocycles. The second kappa shape index (κ2) is 3.82. The molecule has 4 heteroatoms. The Morgan fingerprint density at radius 2 is 1.80 bits per heavy atom. The maximum atomic E-state index is 12.9. The number of thiocarbonyl (C=S) groups is 1. The highest BCUT2D eigenvalue weighted by molar-refractivity contribution is 7.80. The Morgan fingerprint density at radius 1 is 1.13 bits per heavy atom. The van der Waals surface area contributed by atoms with Gasteiger partial charge in [-0.05, 0) is 47.3 Å². The molecule has 2 nitrogen and oxygen atoms in total. The average molecular weight is 220 g/mol. The zero-order valence-electron chi connectivity index (χ0n) is 7.83. The number of rotatable bonds is 1. The number of nitrogens with one attached hydrogen (secondary N) is 1. The number of benzene rings is 2. The van der Waals surface area contributed by atoms with Gasteiger partial charge in [-0.1, -0.05) is 12.1 Å². The van der Waals surface area contributed by atoms with Crippen LogP contribution in [-0.4, -0.2) is 5.11 Å². The average Bonchev–Trinajstić information content (AvgIpc) is 2.17. The predicted molar refractivity (Wildman–Crippen MR) is 64.3 cm³/mol. The molecule has 0 fully saturated rings. The van der Waals surface area contributed by atoms with Crippen molar-refractivity contribution < 1.29 is 4.39 Å². The molecule has 0 amide bonds. The molecule has 2 aromatic rings. The molecule has 15 heavy (non-hydrogen) atoms. The third kappa shape index (κ3) is 2.22. The van der Waals surface area contributed by atoms with E-state index in [2.05, 4.69) is 5.32 Å². The van der Waals surface area contributed by atoms with Gasteiger partial charge in [-0.3, -0.25) is 0 Å². The van der Waals surface area contributed by atoms with Crippen LogP contribution in [0.3, 0.4) is 0 Å². The van der Waals surface area contributed by atoms with Crippen LogP contribution in [0.5, 0.6) is 0 Å². The van der Waals surface area contributed by atoms with Crippen LogP contribution in [0.2, 0.25) is 0 Å². The maximum Gasteiger partial charge on any atom is 0.168 e. The minimum Gasteiger partial charge on any atom is -0.376 e. The lowest BCUT2D eigenvalue weighted by molar-refractivity contribution is 0.630. The molecule has 0 aliphatic rings. The molecule has 0 aromatic heterocycles. The SMILES string of the molecule is NC(=S)Nc1ccc2cc(F)ccc2c1. The first kappa shape index (κ1) is 9.86. The number of halogens is 1. The Balaban J connectivity index is 2.47. The van der Waals surface area contributed by atoms with Gasteiger partial charge in [0.15, 0.2) is 5.11 Å². The van der Waals surface area contributed by atoms with Gasteiger partial charge in [0, 0.05) is 5.69 Å². The van der Waals surface area contributed by atoms with E-state index in [0.717, 1.165) is 16.5 Å². The lowest BCUT2D eigenvalue weighted by atomic mass is 10.1. The second-order valence-corrected chi connectivity index (χ2v) is 3.64. The van der Waals surface area contributed by atoms with Crippen molar-refractivity contribution in [3.63, 3.8) is 0 Å². The lowest BCUT2D eigenvalue weighted by Crippen LogP contribution is -2.18. The van der Waals surface area contributed by atoms with E-state index in [-0.39, 0.29) is 10.9 Å². The van der Waals surface area contributed by atoms with Crippen LogP contribution >= 0.6 is 12.2 Å². The van der Waals surface area contributed by atoms with Gasteiger partial charge in [-0.25, -0.2) is 4.39 Å². The highest BCUT2D eigenvalue weighted by Gasteiger charge is 1.98. The monoisotopic (exact) mass is 220 g/mol. The van der Waals surface area contributed by atoms with Crippen molar-refractivity contribution in [3.05, 3.63) is 42.2 Å². The standard InChI is InChI=1S/C11H9FN2S/c12-9-3-1-8-6-10(14-11(13)15)4-2-7(8)5-9/h1-6H,(H3,13,14,15). The van der Waals surface area contributed by atoms with E-state index in [1.807, 2.05) is 12.1 Å². The molecule has 0 radical (unpaired) electrons. The fourth-order valence-corrected chi connectivity index (χ4v) is 1.55. The Bertz CT molecular complexity index is 525. The summed E-state index contributed by atoms with van der Waals surface area (Å²) in [5.74, 6) is -0.238. The molecule has 0 saturated carbocycles. The van der Waals surface area contributed by atoms with E-state index >= 15 is 0 Å². The maximum absolute atomic E-state index is 12.9. The number of fused-ring (bicyclic) bond motifs is 1. The van der Waals surface area contributed by atoms with Gasteiger partial charge < -0.3 is 11.1 Å². The van der Waals surface area contributed by atoms with Gasteiger partial charge in [0.05, 0.1) is 0 Å². The summed E-state index contributed by atoms with van der Waals surface area (Å²) in [6.45, 7) is 0. The van der Waals surface area contributed by atoms with Crippen LogP contribution in [-0.2, 0) is 0 Å². The van der Waals surface area contributed by atoms with Crippen molar-refractivity contribution in [2.45, 2.75) is 0 Å². The summed E-state index contributed by atoms with van der Waals surface area (Å²) in [6, 6.07) is 10.1. The van der Waals surface area contributed by atoms with Gasteiger partial charge in [-0.2, -0.15) is 0 Å². The predicted octanol–water partition coefficient (Wildman–Crippen LogP) is 2.63. The van der Waals surface area contributed by atoms with Crippen LogP contribution in [0.15, 0.2) is 36.4 Å². The van der Waals surface area contributed by atoms with E-state index in [1.54, 1.807) is 12.1 Å². The highest BCUT2D eigenvalue weighted by Crippen LogP contribution is 2.19. The molecule has 0 atom stereocenters. The molecule has 3 N–H and O–H groups in total. The topological polar surface area (TPSA) is 38.0 Å². The molecule has 0 bridgehead atoms. The first-order chi connectivity index (χ1) is 7.15. The van der Waals surface area contributed by atoms with Crippen molar-refractivity contribution in [3.8, 4) is 0 Å². The van der Waals surface area contributed by atoms with Crippen LogP contribution in [0.4, 0.5) is 10.1 Å². The molecular weight excluding hydrogens is 211 g/mol. The van der Waals surface area contributed by atoms with Crippen molar-refractivity contribution in [1.82, 2.24) is 0 Å². The fourth-order valence-electron chi connectivity index (χ4n) is 1.44. The second-order valence-electron chi connectivity index (χ2n) is 3.20. The van der Waals surface area contributed by atoms with Crippen LogP contribution in [0.25, 0.3) is 10.8 Å². The molecule has 0 saturated heterocycles. The van der Waals surface area contributed by atoms with Crippen molar-refractivity contribution in [1.29, 1.82) is 0 Å². The van der Waals surface area contributed by atoms with E-state index in [4.69, 9.17) is 18.0 Å². The molecule has 0 aliphatic heterocycles. The zero-order valence-corrected chi connectivity index (χ0v) is 8.64. The summed E-state index contributed by atoms with van der Waals surface area (Å²) in [6.07, 6.45) is 0. The normalized spacial score (nSPS) is 10.2. The van der Waals surface area contributed by atoms with Gasteiger partial charge >= 0.3 is 0 Å². The molecule has 76 valence electrons. The molecule has 0 heterocycles. The Kier molecular flexibility index (Phi) is 2.51. The third-order valence-electron chi connectivity index (χ3n) is 2.07. The van der Waals surface area contributed by atoms with Gasteiger partial charge in [0.1, 0.15) is 5.82 Å². The summed E-state index contributed by atoms with van der Waals surface area (Å²) >= 11 is 4.73. The van der Waals surface area contributed by atoms with E-state index < -0.39 is 0 Å². The van der Waals surface area contributed by atoms with E-state index in [9.17, 15) is 4.39 Å². The summed E-state index contributed by atoms with van der Waals surface area (Å²) in [7, 11) is 0. The highest BCUT2D eigenvalue weighted by atomic mass is 32.1. The third-order valence-corrected chi connectivity index (χ3v) is 2.17. The van der Waals surface area contributed by atoms with E-state index in [0.29, 0.717) is 0 Å². The number of nitrogens with two attached hydrogens (primary N) is 1. The van der Waals surface area contributed by atoms with Gasteiger partial charge in [0.25, 0.3) is 0 Å². The van der Waals surface area contributed by atoms with Gasteiger partial charge in [0.2, 0.25) is 0 Å². The Morgan fingerprint density at radius 3 is 2.53 bits per heavy atom. The van der Waals surface area contributed by atoms with Crippen molar-refractivity contribution >= 4 is 33.8 Å². The molecule has 0 spiro atoms. The smallest absolute Gasteiger partial charge is 0.168 e. The fraction of sp³-hybridized carbons (Fsp3) is 0.